The zero-order valence-corrected chi connectivity index (χ0v) is 11.8. The maximum Gasteiger partial charge on any atom is 0.214 e. The third-order valence-corrected chi connectivity index (χ3v) is 6.21. The van der Waals surface area contributed by atoms with Gasteiger partial charge in [0.2, 0.25) is 10.0 Å². The third-order valence-electron chi connectivity index (χ3n) is 3.99. The average molecular weight is 260 g/mol. The Balaban J connectivity index is 2.16. The molecule has 0 saturated carbocycles. The van der Waals surface area contributed by atoms with Crippen molar-refractivity contribution in [2.75, 3.05) is 25.4 Å². The molecule has 2 aliphatic heterocycles. The monoisotopic (exact) mass is 260 g/mol. The topological polar surface area (TPSA) is 49.4 Å². The summed E-state index contributed by atoms with van der Waals surface area (Å²) in [5.74, 6) is 1.55. The van der Waals surface area contributed by atoms with E-state index >= 15 is 0 Å². The predicted molar refractivity (Wildman–Crippen MR) is 69.3 cm³/mol. The summed E-state index contributed by atoms with van der Waals surface area (Å²) >= 11 is 0. The summed E-state index contributed by atoms with van der Waals surface area (Å²) in [6, 6.07) is 0.221. The van der Waals surface area contributed by atoms with Crippen LogP contribution in [0, 0.1) is 17.8 Å². The van der Waals surface area contributed by atoms with Crippen LogP contribution in [0.3, 0.4) is 0 Å². The molecule has 3 atom stereocenters. The van der Waals surface area contributed by atoms with Crippen molar-refractivity contribution in [3.05, 3.63) is 0 Å². The van der Waals surface area contributed by atoms with Gasteiger partial charge < -0.3 is 5.32 Å². The van der Waals surface area contributed by atoms with E-state index in [0.29, 0.717) is 11.8 Å². The van der Waals surface area contributed by atoms with E-state index in [1.165, 1.54) is 0 Å². The van der Waals surface area contributed by atoms with E-state index in [4.69, 9.17) is 0 Å². The van der Waals surface area contributed by atoms with E-state index in [2.05, 4.69) is 12.2 Å². The molecule has 2 rings (SSSR count). The molecule has 2 saturated heterocycles. The Bertz CT molecular complexity index is 367. The van der Waals surface area contributed by atoms with Crippen molar-refractivity contribution in [2.24, 2.45) is 17.8 Å². The lowest BCUT2D eigenvalue weighted by molar-refractivity contribution is 0.327. The van der Waals surface area contributed by atoms with Crippen LogP contribution in [0.1, 0.15) is 27.2 Å². The second-order valence-electron chi connectivity index (χ2n) is 5.80. The van der Waals surface area contributed by atoms with Gasteiger partial charge >= 0.3 is 0 Å². The van der Waals surface area contributed by atoms with Crippen LogP contribution in [-0.4, -0.2) is 44.2 Å². The number of hydrogen-bond donors (Lipinski definition) is 1. The number of sulfonamides is 1. The smallest absolute Gasteiger partial charge is 0.214 e. The maximum atomic E-state index is 12.3. The van der Waals surface area contributed by atoms with Gasteiger partial charge in [0.1, 0.15) is 0 Å². The van der Waals surface area contributed by atoms with Crippen molar-refractivity contribution < 1.29 is 8.42 Å². The van der Waals surface area contributed by atoms with Gasteiger partial charge in [0.05, 0.1) is 5.75 Å². The number of nitrogens with one attached hydrogen (secondary N) is 1. The van der Waals surface area contributed by atoms with Gasteiger partial charge in [-0.2, -0.15) is 4.31 Å². The molecule has 0 spiro atoms. The highest BCUT2D eigenvalue weighted by atomic mass is 32.2. The Labute approximate surface area is 105 Å². The lowest BCUT2D eigenvalue weighted by atomic mass is 9.93. The van der Waals surface area contributed by atoms with E-state index < -0.39 is 10.0 Å². The summed E-state index contributed by atoms with van der Waals surface area (Å²) in [5, 5.41) is 3.38. The molecule has 2 fully saturated rings. The molecule has 3 unspecified atom stereocenters. The van der Waals surface area contributed by atoms with Crippen LogP contribution >= 0.6 is 0 Å². The number of fused-ring (bicyclic) bond motifs is 1. The third kappa shape index (κ3) is 2.51. The lowest BCUT2D eigenvalue weighted by Crippen LogP contribution is -2.41. The molecular formula is C12H24N2O2S. The minimum Gasteiger partial charge on any atom is -0.316 e. The zero-order valence-electron chi connectivity index (χ0n) is 11.0. The first-order valence-electron chi connectivity index (χ1n) is 6.66. The first kappa shape index (κ1) is 13.3. The molecule has 5 heteroatoms. The van der Waals surface area contributed by atoms with Crippen LogP contribution < -0.4 is 5.32 Å². The highest BCUT2D eigenvalue weighted by Crippen LogP contribution is 2.36. The van der Waals surface area contributed by atoms with Gasteiger partial charge in [-0.05, 0) is 37.3 Å². The molecule has 1 N–H and O–H groups in total. The Morgan fingerprint density at radius 2 is 2.06 bits per heavy atom. The van der Waals surface area contributed by atoms with Gasteiger partial charge in [-0.3, -0.25) is 0 Å². The molecule has 0 bridgehead atoms. The summed E-state index contributed by atoms with van der Waals surface area (Å²) in [6.45, 7) is 8.73. The Hall–Kier alpha value is -0.130. The van der Waals surface area contributed by atoms with Crippen molar-refractivity contribution in [1.82, 2.24) is 9.62 Å². The summed E-state index contributed by atoms with van der Waals surface area (Å²) in [4.78, 5) is 0. The predicted octanol–water partition coefficient (Wildman–Crippen LogP) is 0.902. The molecule has 0 aromatic heterocycles. The van der Waals surface area contributed by atoms with Gasteiger partial charge in [0.15, 0.2) is 0 Å². The molecule has 0 radical (unpaired) electrons. The standard InChI is InChI=1S/C12H24N2O2S/c1-4-12-11-6-13-5-10(11)7-14(12)17(15,16)8-9(2)3/h9-13H,4-8H2,1-3H3. The molecule has 0 aromatic rings. The maximum absolute atomic E-state index is 12.3. The number of nitrogens with zero attached hydrogens (tertiary/aromatic N) is 1. The van der Waals surface area contributed by atoms with Crippen LogP contribution in [0.15, 0.2) is 0 Å². The lowest BCUT2D eigenvalue weighted by Gasteiger charge is -2.26. The molecule has 2 aliphatic rings. The van der Waals surface area contributed by atoms with E-state index in [0.717, 1.165) is 26.1 Å². The average Bonchev–Trinajstić information content (AvgIpc) is 2.73. The molecule has 0 amide bonds. The van der Waals surface area contributed by atoms with Crippen LogP contribution in [-0.2, 0) is 10.0 Å². The van der Waals surface area contributed by atoms with Crippen LogP contribution in [0.2, 0.25) is 0 Å². The van der Waals surface area contributed by atoms with E-state index in [-0.39, 0.29) is 17.7 Å². The van der Waals surface area contributed by atoms with Crippen LogP contribution in [0.25, 0.3) is 0 Å². The van der Waals surface area contributed by atoms with Crippen molar-refractivity contribution in [3.8, 4) is 0 Å². The van der Waals surface area contributed by atoms with Gasteiger partial charge in [-0.1, -0.05) is 20.8 Å². The summed E-state index contributed by atoms with van der Waals surface area (Å²) in [7, 11) is -3.06. The highest BCUT2D eigenvalue weighted by Gasteiger charge is 2.47. The fourth-order valence-corrected chi connectivity index (χ4v) is 5.50. The highest BCUT2D eigenvalue weighted by molar-refractivity contribution is 7.89. The number of rotatable bonds is 4. The molecule has 100 valence electrons. The fraction of sp³-hybridized carbons (Fsp3) is 1.00. The van der Waals surface area contributed by atoms with Crippen molar-refractivity contribution in [1.29, 1.82) is 0 Å². The summed E-state index contributed by atoms with van der Waals surface area (Å²) < 4.78 is 26.5. The summed E-state index contributed by atoms with van der Waals surface area (Å²) in [5.41, 5.74) is 0. The number of hydrogen-bond acceptors (Lipinski definition) is 3. The second kappa shape index (κ2) is 4.86. The largest absolute Gasteiger partial charge is 0.316 e. The van der Waals surface area contributed by atoms with Crippen molar-refractivity contribution >= 4 is 10.0 Å². The Morgan fingerprint density at radius 3 is 2.65 bits per heavy atom. The van der Waals surface area contributed by atoms with Crippen molar-refractivity contribution in [3.63, 3.8) is 0 Å². The van der Waals surface area contributed by atoms with E-state index in [9.17, 15) is 8.42 Å². The minimum atomic E-state index is -3.06. The molecule has 0 aliphatic carbocycles. The first-order chi connectivity index (χ1) is 7.95. The Kier molecular flexibility index (Phi) is 3.80. The van der Waals surface area contributed by atoms with E-state index in [1.807, 2.05) is 13.8 Å². The van der Waals surface area contributed by atoms with Crippen LogP contribution in [0.4, 0.5) is 0 Å². The molecular weight excluding hydrogens is 236 g/mol. The Morgan fingerprint density at radius 1 is 1.35 bits per heavy atom. The van der Waals surface area contributed by atoms with Gasteiger partial charge in [0.25, 0.3) is 0 Å². The molecule has 0 aromatic carbocycles. The fourth-order valence-electron chi connectivity index (χ4n) is 3.33. The normalized spacial score (nSPS) is 34.5. The van der Waals surface area contributed by atoms with Gasteiger partial charge in [0, 0.05) is 12.6 Å². The minimum absolute atomic E-state index is 0.205. The molecule has 2 heterocycles. The molecule has 17 heavy (non-hydrogen) atoms. The van der Waals surface area contributed by atoms with Crippen LogP contribution in [0.5, 0.6) is 0 Å². The SMILES string of the molecule is CCC1C2CNCC2CN1S(=O)(=O)CC(C)C. The van der Waals surface area contributed by atoms with Gasteiger partial charge in [-0.15, -0.1) is 0 Å². The quantitative estimate of drug-likeness (QED) is 0.817. The van der Waals surface area contributed by atoms with Gasteiger partial charge in [-0.25, -0.2) is 8.42 Å². The zero-order chi connectivity index (χ0) is 12.6. The second-order valence-corrected chi connectivity index (χ2v) is 7.77. The van der Waals surface area contributed by atoms with E-state index in [1.54, 1.807) is 4.31 Å². The first-order valence-corrected chi connectivity index (χ1v) is 8.26. The molecule has 4 nitrogen and oxygen atoms in total. The van der Waals surface area contributed by atoms with Crippen molar-refractivity contribution in [2.45, 2.75) is 33.2 Å². The summed E-state index contributed by atoms with van der Waals surface area (Å²) in [6.07, 6.45) is 0.931.